The van der Waals surface area contributed by atoms with Crippen molar-refractivity contribution in [3.8, 4) is 11.9 Å². The van der Waals surface area contributed by atoms with Crippen LogP contribution in [0.2, 0.25) is 0 Å². The SMILES string of the molecule is CC(C)CC(NC(=O)c1ccc2c(c1)COO2)C(=O)N(C)C#N. The highest BCUT2D eigenvalue weighted by molar-refractivity contribution is 5.98. The second-order valence-corrected chi connectivity index (χ2v) is 5.82. The first-order chi connectivity index (χ1) is 10.9. The average Bonchev–Trinajstić information content (AvgIpc) is 2.99. The number of nitrogens with one attached hydrogen (secondary N) is 1. The van der Waals surface area contributed by atoms with Crippen LogP contribution in [0.4, 0.5) is 0 Å². The Balaban J connectivity index is 2.13. The fraction of sp³-hybridized carbons (Fsp3) is 0.438. The van der Waals surface area contributed by atoms with Crippen LogP contribution in [0.15, 0.2) is 18.2 Å². The molecule has 0 aromatic heterocycles. The number of fused-ring (bicyclic) bond motifs is 1. The number of benzene rings is 1. The molecule has 7 heteroatoms. The first kappa shape index (κ1) is 16.8. The molecule has 2 rings (SSSR count). The highest BCUT2D eigenvalue weighted by Gasteiger charge is 2.26. The van der Waals surface area contributed by atoms with Gasteiger partial charge in [-0.25, -0.2) is 0 Å². The number of nitriles is 1. The normalized spacial score (nSPS) is 13.7. The largest absolute Gasteiger partial charge is 0.340 e. The molecule has 0 saturated carbocycles. The summed E-state index contributed by atoms with van der Waals surface area (Å²) in [6.07, 6.45) is 2.22. The third kappa shape index (κ3) is 3.99. The Labute approximate surface area is 134 Å². The maximum Gasteiger partial charge on any atom is 0.257 e. The maximum atomic E-state index is 12.4. The van der Waals surface area contributed by atoms with Crippen LogP contribution in [-0.4, -0.2) is 29.8 Å². The van der Waals surface area contributed by atoms with Gasteiger partial charge in [-0.1, -0.05) is 13.8 Å². The van der Waals surface area contributed by atoms with Crippen molar-refractivity contribution in [2.75, 3.05) is 7.05 Å². The highest BCUT2D eigenvalue weighted by Crippen LogP contribution is 2.26. The fourth-order valence-electron chi connectivity index (χ4n) is 2.29. The van der Waals surface area contributed by atoms with E-state index in [0.29, 0.717) is 17.7 Å². The van der Waals surface area contributed by atoms with E-state index in [4.69, 9.17) is 15.0 Å². The van der Waals surface area contributed by atoms with E-state index in [-0.39, 0.29) is 18.4 Å². The molecule has 0 spiro atoms. The zero-order valence-corrected chi connectivity index (χ0v) is 13.3. The van der Waals surface area contributed by atoms with Crippen LogP contribution >= 0.6 is 0 Å². The Morgan fingerprint density at radius 1 is 1.43 bits per heavy atom. The lowest BCUT2D eigenvalue weighted by atomic mass is 10.0. The van der Waals surface area contributed by atoms with E-state index in [9.17, 15) is 9.59 Å². The van der Waals surface area contributed by atoms with Gasteiger partial charge in [0.1, 0.15) is 12.6 Å². The number of likely N-dealkylation sites (N-methyl/N-ethyl adjacent to an activating group) is 1. The van der Waals surface area contributed by atoms with Gasteiger partial charge >= 0.3 is 0 Å². The lowest BCUT2D eigenvalue weighted by molar-refractivity contribution is -0.194. The summed E-state index contributed by atoms with van der Waals surface area (Å²) in [5, 5.41) is 11.6. The Kier molecular flexibility index (Phi) is 5.19. The zero-order chi connectivity index (χ0) is 17.0. The quantitative estimate of drug-likeness (QED) is 0.506. The fourth-order valence-corrected chi connectivity index (χ4v) is 2.29. The van der Waals surface area contributed by atoms with Crippen molar-refractivity contribution in [2.24, 2.45) is 5.92 Å². The number of rotatable bonds is 5. The number of amides is 2. The third-order valence-electron chi connectivity index (χ3n) is 3.48. The number of nitrogens with zero attached hydrogens (tertiary/aromatic N) is 2. The molecule has 23 heavy (non-hydrogen) atoms. The van der Waals surface area contributed by atoms with Gasteiger partial charge in [0.05, 0.1) is 0 Å². The summed E-state index contributed by atoms with van der Waals surface area (Å²) < 4.78 is 0. The van der Waals surface area contributed by atoms with Crippen molar-refractivity contribution in [1.29, 1.82) is 5.26 Å². The molecule has 1 unspecified atom stereocenters. The molecule has 1 aliphatic heterocycles. The summed E-state index contributed by atoms with van der Waals surface area (Å²) in [5.41, 5.74) is 1.19. The van der Waals surface area contributed by atoms with Gasteiger partial charge < -0.3 is 10.2 Å². The lowest BCUT2D eigenvalue weighted by Crippen LogP contribution is -2.46. The van der Waals surface area contributed by atoms with Gasteiger partial charge in [0, 0.05) is 18.2 Å². The van der Waals surface area contributed by atoms with Gasteiger partial charge in [-0.05, 0) is 30.5 Å². The summed E-state index contributed by atoms with van der Waals surface area (Å²) in [4.78, 5) is 35.3. The minimum Gasteiger partial charge on any atom is -0.340 e. The van der Waals surface area contributed by atoms with E-state index in [2.05, 4.69) is 5.32 Å². The van der Waals surface area contributed by atoms with Crippen molar-refractivity contribution < 1.29 is 19.4 Å². The molecule has 1 aromatic rings. The Morgan fingerprint density at radius 2 is 2.17 bits per heavy atom. The van der Waals surface area contributed by atoms with Crippen molar-refractivity contribution >= 4 is 11.8 Å². The van der Waals surface area contributed by atoms with Crippen LogP contribution in [0.1, 0.15) is 36.2 Å². The zero-order valence-electron chi connectivity index (χ0n) is 13.3. The molecule has 0 bridgehead atoms. The van der Waals surface area contributed by atoms with E-state index in [1.807, 2.05) is 13.8 Å². The minimum absolute atomic E-state index is 0.193. The molecule has 1 atom stereocenters. The molecular formula is C16H19N3O4. The summed E-state index contributed by atoms with van der Waals surface area (Å²) in [6.45, 7) is 4.17. The van der Waals surface area contributed by atoms with E-state index in [1.54, 1.807) is 24.4 Å². The van der Waals surface area contributed by atoms with Gasteiger partial charge in [0.25, 0.3) is 11.8 Å². The topological polar surface area (TPSA) is 91.7 Å². The first-order valence-electron chi connectivity index (χ1n) is 7.33. The molecule has 0 saturated heterocycles. The second kappa shape index (κ2) is 7.11. The molecule has 1 aliphatic rings. The molecule has 7 nitrogen and oxygen atoms in total. The maximum absolute atomic E-state index is 12.4. The predicted octanol–water partition coefficient (Wildman–Crippen LogP) is 1.59. The van der Waals surface area contributed by atoms with Crippen LogP contribution in [0.5, 0.6) is 5.75 Å². The number of carbonyl (C=O) groups is 2. The van der Waals surface area contributed by atoms with Gasteiger partial charge in [-0.3, -0.25) is 14.5 Å². The standard InChI is InChI=1S/C16H19N3O4/c1-10(2)6-13(16(21)19(3)9-17)18-15(20)11-4-5-14-12(7-11)8-22-23-14/h4-5,7,10,13H,6,8H2,1-3H3,(H,18,20). The summed E-state index contributed by atoms with van der Waals surface area (Å²) in [5.74, 6) is -0.0221. The molecule has 1 N–H and O–H groups in total. The molecule has 1 aromatic carbocycles. The highest BCUT2D eigenvalue weighted by atomic mass is 17.2. The number of carbonyl (C=O) groups excluding carboxylic acids is 2. The van der Waals surface area contributed by atoms with Crippen LogP contribution in [0.3, 0.4) is 0 Å². The van der Waals surface area contributed by atoms with E-state index >= 15 is 0 Å². The van der Waals surface area contributed by atoms with Gasteiger partial charge in [-0.15, -0.1) is 0 Å². The van der Waals surface area contributed by atoms with Crippen LogP contribution < -0.4 is 10.2 Å². The number of hydrogen-bond donors (Lipinski definition) is 1. The lowest BCUT2D eigenvalue weighted by Gasteiger charge is -2.21. The predicted molar refractivity (Wildman–Crippen MR) is 81.0 cm³/mol. The Morgan fingerprint density at radius 3 is 2.83 bits per heavy atom. The smallest absolute Gasteiger partial charge is 0.257 e. The summed E-state index contributed by atoms with van der Waals surface area (Å²) in [7, 11) is 1.38. The third-order valence-corrected chi connectivity index (χ3v) is 3.48. The molecule has 0 radical (unpaired) electrons. The molecule has 122 valence electrons. The Hall–Kier alpha value is -2.59. The van der Waals surface area contributed by atoms with Crippen molar-refractivity contribution in [1.82, 2.24) is 10.2 Å². The average molecular weight is 317 g/mol. The van der Waals surface area contributed by atoms with Crippen molar-refractivity contribution in [3.05, 3.63) is 29.3 Å². The first-order valence-corrected chi connectivity index (χ1v) is 7.33. The monoisotopic (exact) mass is 317 g/mol. The van der Waals surface area contributed by atoms with Crippen LogP contribution in [-0.2, 0) is 16.3 Å². The molecule has 1 heterocycles. The second-order valence-electron chi connectivity index (χ2n) is 5.82. The van der Waals surface area contributed by atoms with E-state index < -0.39 is 11.9 Å². The van der Waals surface area contributed by atoms with Gasteiger partial charge in [0.15, 0.2) is 11.9 Å². The van der Waals surface area contributed by atoms with Crippen molar-refractivity contribution in [2.45, 2.75) is 32.9 Å². The summed E-state index contributed by atoms with van der Waals surface area (Å²) in [6, 6.07) is 4.18. The Bertz CT molecular complexity index is 651. The van der Waals surface area contributed by atoms with Gasteiger partial charge in [-0.2, -0.15) is 10.1 Å². The van der Waals surface area contributed by atoms with E-state index in [0.717, 1.165) is 10.5 Å². The van der Waals surface area contributed by atoms with Crippen LogP contribution in [0.25, 0.3) is 0 Å². The minimum atomic E-state index is -0.743. The van der Waals surface area contributed by atoms with Crippen molar-refractivity contribution in [3.63, 3.8) is 0 Å². The van der Waals surface area contributed by atoms with E-state index in [1.165, 1.54) is 7.05 Å². The molecule has 0 fully saturated rings. The number of hydrogen-bond acceptors (Lipinski definition) is 5. The molecule has 0 aliphatic carbocycles. The van der Waals surface area contributed by atoms with Gasteiger partial charge in [0.2, 0.25) is 0 Å². The molecule has 2 amide bonds. The summed E-state index contributed by atoms with van der Waals surface area (Å²) >= 11 is 0. The van der Waals surface area contributed by atoms with Crippen LogP contribution in [0, 0.1) is 17.4 Å². The molecular weight excluding hydrogens is 298 g/mol.